The third-order valence-electron chi connectivity index (χ3n) is 4.43. The predicted octanol–water partition coefficient (Wildman–Crippen LogP) is 3.14. The van der Waals surface area contributed by atoms with Gasteiger partial charge in [-0.05, 0) is 31.2 Å². The van der Waals surface area contributed by atoms with Crippen LogP contribution in [0.5, 0.6) is 11.5 Å². The van der Waals surface area contributed by atoms with Gasteiger partial charge < -0.3 is 9.84 Å². The number of nitriles is 1. The first-order chi connectivity index (χ1) is 12.8. The van der Waals surface area contributed by atoms with Gasteiger partial charge in [0.2, 0.25) is 10.0 Å². The van der Waals surface area contributed by atoms with E-state index in [0.717, 1.165) is 24.3 Å². The van der Waals surface area contributed by atoms with Crippen molar-refractivity contribution >= 4 is 10.0 Å². The van der Waals surface area contributed by atoms with Gasteiger partial charge in [0.15, 0.2) is 0 Å². The molecule has 0 aromatic heterocycles. The summed E-state index contributed by atoms with van der Waals surface area (Å²) in [6.07, 6.45) is -5.29. The van der Waals surface area contributed by atoms with Crippen LogP contribution in [-0.2, 0) is 15.7 Å². The summed E-state index contributed by atoms with van der Waals surface area (Å²) < 4.78 is 84.3. The van der Waals surface area contributed by atoms with Crippen LogP contribution in [0, 0.1) is 24.1 Å². The van der Waals surface area contributed by atoms with E-state index in [-0.39, 0.29) is 26.9 Å². The lowest BCUT2D eigenvalue weighted by molar-refractivity contribution is -0.301. The van der Waals surface area contributed by atoms with Crippen molar-refractivity contribution in [3.8, 4) is 17.6 Å². The third-order valence-corrected chi connectivity index (χ3v) is 6.46. The van der Waals surface area contributed by atoms with Gasteiger partial charge in [-0.3, -0.25) is 0 Å². The number of nitrogens with zero attached hydrogens (tertiary/aromatic N) is 2. The van der Waals surface area contributed by atoms with E-state index in [9.17, 15) is 31.1 Å². The lowest BCUT2D eigenvalue weighted by atomic mass is 9.99. The van der Waals surface area contributed by atoms with Crippen LogP contribution in [-0.4, -0.2) is 31.1 Å². The van der Waals surface area contributed by atoms with E-state index >= 15 is 0 Å². The number of aliphatic hydroxyl groups is 1. The molecular weight excluding hydrogens is 404 g/mol. The fourth-order valence-corrected chi connectivity index (χ4v) is 4.82. The molecule has 2 aromatic rings. The number of sulfonamides is 1. The Bertz CT molecular complexity index is 1130. The van der Waals surface area contributed by atoms with E-state index in [4.69, 9.17) is 10.00 Å². The summed E-state index contributed by atoms with van der Waals surface area (Å²) >= 11 is 0. The number of hydrogen-bond acceptors (Lipinski definition) is 5. The largest absolute Gasteiger partial charge is 0.457 e. The average molecular weight is 416 g/mol. The number of rotatable bonds is 2. The second kappa shape index (κ2) is 6.16. The first-order valence-electron chi connectivity index (χ1n) is 7.64. The number of ether oxygens (including phenoxy) is 1. The van der Waals surface area contributed by atoms with Crippen LogP contribution in [0.15, 0.2) is 35.2 Å². The molecule has 0 aliphatic carbocycles. The number of fused-ring (bicyclic) bond motifs is 1. The predicted molar refractivity (Wildman–Crippen MR) is 87.3 cm³/mol. The Balaban J connectivity index is 2.18. The Kier molecular flexibility index (Phi) is 4.42. The first kappa shape index (κ1) is 20.1. The summed E-state index contributed by atoms with van der Waals surface area (Å²) in [5.74, 6) is -1.10. The second-order valence-electron chi connectivity index (χ2n) is 6.10. The molecular formula is C17H12F4N2O4S. The molecule has 1 heterocycles. The van der Waals surface area contributed by atoms with Gasteiger partial charge in [0.1, 0.15) is 17.3 Å². The minimum atomic E-state index is -5.29. The van der Waals surface area contributed by atoms with Gasteiger partial charge in [-0.2, -0.15) is 22.7 Å². The monoisotopic (exact) mass is 416 g/mol. The van der Waals surface area contributed by atoms with E-state index in [1.54, 1.807) is 6.07 Å². The van der Waals surface area contributed by atoms with Crippen molar-refractivity contribution in [1.29, 1.82) is 5.26 Å². The lowest BCUT2D eigenvalue weighted by Gasteiger charge is -2.31. The molecule has 0 amide bonds. The number of alkyl halides is 3. The van der Waals surface area contributed by atoms with Crippen molar-refractivity contribution < 1.29 is 35.8 Å². The number of benzene rings is 2. The minimum absolute atomic E-state index is 0.0624. The second-order valence-corrected chi connectivity index (χ2v) is 8.00. The van der Waals surface area contributed by atoms with Crippen molar-refractivity contribution in [2.24, 2.45) is 0 Å². The topological polar surface area (TPSA) is 90.6 Å². The molecule has 3 rings (SSSR count). The molecule has 1 atom stereocenters. The van der Waals surface area contributed by atoms with Crippen LogP contribution in [0.4, 0.5) is 17.6 Å². The maximum atomic E-state index is 13.6. The van der Waals surface area contributed by atoms with E-state index in [1.165, 1.54) is 13.0 Å². The molecule has 0 bridgehead atoms. The molecule has 0 saturated carbocycles. The number of halogens is 4. The quantitative estimate of drug-likeness (QED) is 0.760. The summed E-state index contributed by atoms with van der Waals surface area (Å²) in [5, 5.41) is 19.1. The van der Waals surface area contributed by atoms with Gasteiger partial charge in [0.25, 0.3) is 5.72 Å². The molecule has 11 heteroatoms. The Morgan fingerprint density at radius 3 is 2.46 bits per heavy atom. The van der Waals surface area contributed by atoms with E-state index in [0.29, 0.717) is 7.05 Å². The minimum Gasteiger partial charge on any atom is -0.457 e. The van der Waals surface area contributed by atoms with E-state index in [1.807, 2.05) is 0 Å². The molecule has 6 nitrogen and oxygen atoms in total. The van der Waals surface area contributed by atoms with Gasteiger partial charge in [-0.1, -0.05) is 0 Å². The van der Waals surface area contributed by atoms with E-state index < -0.39 is 38.2 Å². The highest BCUT2D eigenvalue weighted by molar-refractivity contribution is 7.89. The normalized spacial score (nSPS) is 21.2. The molecule has 0 spiro atoms. The van der Waals surface area contributed by atoms with Crippen LogP contribution in [0.25, 0.3) is 0 Å². The number of hydrogen-bond donors (Lipinski definition) is 1. The fraction of sp³-hybridized carbons (Fsp3) is 0.235. The van der Waals surface area contributed by atoms with Crippen LogP contribution in [0.2, 0.25) is 0 Å². The molecule has 1 aliphatic heterocycles. The van der Waals surface area contributed by atoms with Gasteiger partial charge in [0.05, 0.1) is 16.5 Å². The van der Waals surface area contributed by atoms with Crippen molar-refractivity contribution in [2.45, 2.75) is 23.7 Å². The van der Waals surface area contributed by atoms with Crippen molar-refractivity contribution in [1.82, 2.24) is 4.31 Å². The summed E-state index contributed by atoms with van der Waals surface area (Å²) in [6, 6.07) is 6.61. The highest BCUT2D eigenvalue weighted by Gasteiger charge is 2.67. The maximum Gasteiger partial charge on any atom is 0.436 e. The smallest absolute Gasteiger partial charge is 0.436 e. The lowest BCUT2D eigenvalue weighted by Crippen LogP contribution is -2.52. The van der Waals surface area contributed by atoms with Crippen LogP contribution in [0.1, 0.15) is 16.7 Å². The van der Waals surface area contributed by atoms with Crippen molar-refractivity contribution in [3.05, 3.63) is 52.8 Å². The van der Waals surface area contributed by atoms with Gasteiger partial charge in [-0.15, -0.1) is 0 Å². The average Bonchev–Trinajstić information content (AvgIpc) is 2.75. The molecule has 0 saturated heterocycles. The summed E-state index contributed by atoms with van der Waals surface area (Å²) in [5.41, 5.74) is -4.85. The van der Waals surface area contributed by atoms with Crippen LogP contribution < -0.4 is 4.74 Å². The molecule has 1 unspecified atom stereocenters. The fourth-order valence-electron chi connectivity index (χ4n) is 3.02. The molecule has 0 radical (unpaired) electrons. The Labute approximate surface area is 157 Å². The summed E-state index contributed by atoms with van der Waals surface area (Å²) in [6.45, 7) is 1.20. The zero-order valence-corrected chi connectivity index (χ0v) is 15.2. The zero-order chi connectivity index (χ0) is 21.1. The molecule has 2 aromatic carbocycles. The van der Waals surface area contributed by atoms with E-state index in [2.05, 4.69) is 0 Å². The van der Waals surface area contributed by atoms with Crippen molar-refractivity contribution in [2.75, 3.05) is 7.05 Å². The summed E-state index contributed by atoms with van der Waals surface area (Å²) in [7, 11) is -4.06. The van der Waals surface area contributed by atoms with Gasteiger partial charge in [0, 0.05) is 24.2 Å². The van der Waals surface area contributed by atoms with Gasteiger partial charge in [-0.25, -0.2) is 12.8 Å². The van der Waals surface area contributed by atoms with Crippen LogP contribution >= 0.6 is 0 Å². The standard InChI is InChI=1S/C17H12F4N2O4S/c1-9-14(27-12-6-10(8-22)5-11(18)7-12)4-3-13-15(9)28(25,26)23(2)16(13,24)17(19,20)21/h3-7,24H,1-2H3. The first-order valence-corrected chi connectivity index (χ1v) is 9.09. The van der Waals surface area contributed by atoms with Crippen LogP contribution in [0.3, 0.4) is 0 Å². The highest BCUT2D eigenvalue weighted by atomic mass is 32.2. The third kappa shape index (κ3) is 2.72. The Hall–Kier alpha value is -2.68. The highest BCUT2D eigenvalue weighted by Crippen LogP contribution is 2.52. The summed E-state index contributed by atoms with van der Waals surface area (Å²) in [4.78, 5) is -0.746. The molecule has 1 aliphatic rings. The SMILES string of the molecule is Cc1c(Oc2cc(F)cc(C#N)c2)ccc2c1S(=O)(=O)N(C)C2(O)C(F)(F)F. The molecule has 148 valence electrons. The molecule has 28 heavy (non-hydrogen) atoms. The van der Waals surface area contributed by atoms with Crippen molar-refractivity contribution in [3.63, 3.8) is 0 Å². The zero-order valence-electron chi connectivity index (χ0n) is 14.4. The van der Waals surface area contributed by atoms with Gasteiger partial charge >= 0.3 is 6.18 Å². The maximum absolute atomic E-state index is 13.6. The molecule has 0 fully saturated rings. The Morgan fingerprint density at radius 2 is 1.89 bits per heavy atom. The molecule has 1 N–H and O–H groups in total. The Morgan fingerprint density at radius 1 is 1.25 bits per heavy atom.